The Morgan fingerprint density at radius 3 is 2.18 bits per heavy atom. The van der Waals surface area contributed by atoms with E-state index in [1.807, 2.05) is 24.3 Å². The van der Waals surface area contributed by atoms with Gasteiger partial charge in [-0.25, -0.2) is 0 Å². The van der Waals surface area contributed by atoms with Gasteiger partial charge in [0.25, 0.3) is 0 Å². The van der Waals surface area contributed by atoms with Crippen molar-refractivity contribution < 1.29 is 27.5 Å². The SMILES string of the molecule is O=CC(Oc1ccc(CC=NOCc2ccc(C(F)(F)F)cc2)cc1)N1CCC2(CC1)CC2. The van der Waals surface area contributed by atoms with Crippen molar-refractivity contribution in [2.75, 3.05) is 13.1 Å². The summed E-state index contributed by atoms with van der Waals surface area (Å²) in [5, 5.41) is 3.86. The van der Waals surface area contributed by atoms with Gasteiger partial charge in [0, 0.05) is 25.7 Å². The van der Waals surface area contributed by atoms with Gasteiger partial charge in [-0.3, -0.25) is 9.69 Å². The number of benzene rings is 2. The number of oxime groups is 1. The summed E-state index contributed by atoms with van der Waals surface area (Å²) in [6.45, 7) is 1.88. The van der Waals surface area contributed by atoms with Gasteiger partial charge in [-0.1, -0.05) is 29.4 Å². The van der Waals surface area contributed by atoms with Crippen LogP contribution in [0.15, 0.2) is 53.7 Å². The minimum Gasteiger partial charge on any atom is -0.468 e. The Labute approximate surface area is 191 Å². The summed E-state index contributed by atoms with van der Waals surface area (Å²) in [5.74, 6) is 0.637. The van der Waals surface area contributed by atoms with Gasteiger partial charge in [0.2, 0.25) is 6.23 Å². The number of carbonyl (C=O) groups is 1. The van der Waals surface area contributed by atoms with Crippen molar-refractivity contribution in [1.29, 1.82) is 0 Å². The lowest BCUT2D eigenvalue weighted by Gasteiger charge is -2.35. The summed E-state index contributed by atoms with van der Waals surface area (Å²) in [5.41, 5.74) is 1.45. The summed E-state index contributed by atoms with van der Waals surface area (Å²) in [4.78, 5) is 18.8. The second kappa shape index (κ2) is 9.95. The van der Waals surface area contributed by atoms with Gasteiger partial charge in [0.05, 0.1) is 5.56 Å². The number of piperidine rings is 1. The van der Waals surface area contributed by atoms with Crippen molar-refractivity contribution >= 4 is 12.5 Å². The predicted octanol–water partition coefficient (Wildman–Crippen LogP) is 5.23. The Bertz CT molecular complexity index is 944. The third kappa shape index (κ3) is 6.35. The molecule has 4 rings (SSSR count). The Kier molecular flexibility index (Phi) is 7.02. The second-order valence-electron chi connectivity index (χ2n) is 8.78. The maximum Gasteiger partial charge on any atom is 0.416 e. The van der Waals surface area contributed by atoms with Gasteiger partial charge < -0.3 is 9.57 Å². The molecular weight excluding hydrogens is 433 g/mol. The molecule has 0 aromatic heterocycles. The fourth-order valence-corrected chi connectivity index (χ4v) is 4.06. The third-order valence-electron chi connectivity index (χ3n) is 6.46. The van der Waals surface area contributed by atoms with E-state index in [0.29, 0.717) is 23.1 Å². The highest BCUT2D eigenvalue weighted by atomic mass is 19.4. The van der Waals surface area contributed by atoms with Gasteiger partial charge >= 0.3 is 6.18 Å². The monoisotopic (exact) mass is 460 g/mol. The molecule has 1 saturated carbocycles. The van der Waals surface area contributed by atoms with Crippen LogP contribution in [0.5, 0.6) is 5.75 Å². The van der Waals surface area contributed by atoms with Crippen molar-refractivity contribution in [2.45, 2.75) is 51.1 Å². The smallest absolute Gasteiger partial charge is 0.416 e. The molecule has 176 valence electrons. The van der Waals surface area contributed by atoms with E-state index in [1.165, 1.54) is 25.0 Å². The van der Waals surface area contributed by atoms with Crippen LogP contribution in [0.2, 0.25) is 0 Å². The molecule has 2 aromatic rings. The number of carbonyl (C=O) groups excluding carboxylic acids is 1. The zero-order valence-corrected chi connectivity index (χ0v) is 18.3. The van der Waals surface area contributed by atoms with Gasteiger partial charge in [-0.05, 0) is 66.5 Å². The fourth-order valence-electron chi connectivity index (χ4n) is 4.06. The number of nitrogens with zero attached hydrogens (tertiary/aromatic N) is 2. The van der Waals surface area contributed by atoms with E-state index in [-0.39, 0.29) is 6.61 Å². The van der Waals surface area contributed by atoms with Gasteiger partial charge in [0.1, 0.15) is 12.4 Å². The van der Waals surface area contributed by atoms with E-state index in [2.05, 4.69) is 10.1 Å². The van der Waals surface area contributed by atoms with E-state index in [0.717, 1.165) is 49.9 Å². The van der Waals surface area contributed by atoms with Crippen LogP contribution in [0.1, 0.15) is 42.4 Å². The first-order valence-electron chi connectivity index (χ1n) is 11.1. The normalized spacial score (nSPS) is 18.9. The molecule has 1 atom stereocenters. The minimum absolute atomic E-state index is 0.0894. The summed E-state index contributed by atoms with van der Waals surface area (Å²) >= 11 is 0. The maximum atomic E-state index is 12.6. The number of hydrogen-bond donors (Lipinski definition) is 0. The molecule has 8 heteroatoms. The molecule has 1 aliphatic heterocycles. The Morgan fingerprint density at radius 1 is 0.970 bits per heavy atom. The van der Waals surface area contributed by atoms with E-state index < -0.39 is 18.0 Å². The molecule has 2 fully saturated rings. The first-order chi connectivity index (χ1) is 15.9. The van der Waals surface area contributed by atoms with Crippen LogP contribution in [-0.4, -0.2) is 36.7 Å². The number of hydrogen-bond acceptors (Lipinski definition) is 5. The highest BCUT2D eigenvalue weighted by Gasteiger charge is 2.45. The Morgan fingerprint density at radius 2 is 1.61 bits per heavy atom. The molecule has 1 spiro atoms. The molecule has 1 saturated heterocycles. The molecule has 2 aliphatic rings. The average molecular weight is 460 g/mol. The second-order valence-corrected chi connectivity index (χ2v) is 8.78. The van der Waals surface area contributed by atoms with Crippen LogP contribution in [0.3, 0.4) is 0 Å². The lowest BCUT2D eigenvalue weighted by Crippen LogP contribution is -2.45. The Balaban J connectivity index is 1.19. The molecular formula is C25H27F3N2O3. The van der Waals surface area contributed by atoms with Crippen molar-refractivity contribution in [3.63, 3.8) is 0 Å². The topological polar surface area (TPSA) is 51.1 Å². The molecule has 0 radical (unpaired) electrons. The first kappa shape index (κ1) is 23.3. The molecule has 1 unspecified atom stereocenters. The fraction of sp³-hybridized carbons (Fsp3) is 0.440. The maximum absolute atomic E-state index is 12.6. The summed E-state index contributed by atoms with van der Waals surface area (Å²) in [6, 6.07) is 12.2. The van der Waals surface area contributed by atoms with Crippen LogP contribution >= 0.6 is 0 Å². The van der Waals surface area contributed by atoms with Gasteiger partial charge in [0.15, 0.2) is 6.29 Å². The van der Waals surface area contributed by atoms with Crippen molar-refractivity contribution in [3.05, 3.63) is 65.2 Å². The zero-order valence-electron chi connectivity index (χ0n) is 18.3. The number of alkyl halides is 3. The van der Waals surface area contributed by atoms with Crippen LogP contribution in [0, 0.1) is 5.41 Å². The van der Waals surface area contributed by atoms with E-state index in [1.54, 1.807) is 6.21 Å². The van der Waals surface area contributed by atoms with E-state index in [9.17, 15) is 18.0 Å². The van der Waals surface area contributed by atoms with Gasteiger partial charge in [-0.15, -0.1) is 0 Å². The van der Waals surface area contributed by atoms with Crippen LogP contribution in [0.4, 0.5) is 13.2 Å². The molecule has 5 nitrogen and oxygen atoms in total. The number of rotatable bonds is 9. The van der Waals surface area contributed by atoms with Crippen LogP contribution < -0.4 is 4.74 Å². The number of likely N-dealkylation sites (tertiary alicyclic amines) is 1. The predicted molar refractivity (Wildman–Crippen MR) is 118 cm³/mol. The number of halogens is 3. The summed E-state index contributed by atoms with van der Waals surface area (Å²) in [6.07, 6.45) is 2.98. The van der Waals surface area contributed by atoms with Crippen molar-refractivity contribution in [3.8, 4) is 5.75 Å². The van der Waals surface area contributed by atoms with E-state index in [4.69, 9.17) is 9.57 Å². The first-order valence-corrected chi connectivity index (χ1v) is 11.1. The van der Waals surface area contributed by atoms with Crippen molar-refractivity contribution in [1.82, 2.24) is 4.90 Å². The lowest BCUT2D eigenvalue weighted by atomic mass is 9.94. The van der Waals surface area contributed by atoms with E-state index >= 15 is 0 Å². The summed E-state index contributed by atoms with van der Waals surface area (Å²) in [7, 11) is 0. The molecule has 0 bridgehead atoms. The molecule has 0 N–H and O–H groups in total. The number of ether oxygens (including phenoxy) is 1. The Hall–Kier alpha value is -2.87. The highest BCUT2D eigenvalue weighted by molar-refractivity contribution is 5.61. The quantitative estimate of drug-likeness (QED) is 0.292. The minimum atomic E-state index is -4.35. The standard InChI is InChI=1S/C25H27F3N2O3/c26-25(27,28)21-5-1-20(2-6-21)18-32-29-14-9-19-3-7-22(8-4-19)33-23(17-31)30-15-12-24(10-11-24)13-16-30/h1-8,14,17,23H,9-13,15-16,18H2. The molecule has 0 amide bonds. The van der Waals surface area contributed by atoms with Crippen LogP contribution in [0.25, 0.3) is 0 Å². The molecule has 1 heterocycles. The highest BCUT2D eigenvalue weighted by Crippen LogP contribution is 2.53. The van der Waals surface area contributed by atoms with Crippen LogP contribution in [-0.2, 0) is 28.8 Å². The van der Waals surface area contributed by atoms with Crippen molar-refractivity contribution in [2.24, 2.45) is 10.6 Å². The molecule has 2 aromatic carbocycles. The zero-order chi connectivity index (χ0) is 23.3. The lowest BCUT2D eigenvalue weighted by molar-refractivity contribution is -0.137. The molecule has 1 aliphatic carbocycles. The molecule has 33 heavy (non-hydrogen) atoms. The number of aldehydes is 1. The largest absolute Gasteiger partial charge is 0.468 e. The van der Waals surface area contributed by atoms with Gasteiger partial charge in [-0.2, -0.15) is 13.2 Å². The summed E-state index contributed by atoms with van der Waals surface area (Å²) < 4.78 is 43.6. The average Bonchev–Trinajstić information content (AvgIpc) is 3.57. The third-order valence-corrected chi connectivity index (χ3v) is 6.46.